The Bertz CT molecular complexity index is 295. The van der Waals surface area contributed by atoms with Crippen molar-refractivity contribution in [3.8, 4) is 0 Å². The molecule has 0 aliphatic heterocycles. The topological polar surface area (TPSA) is 63.3 Å². The summed E-state index contributed by atoms with van der Waals surface area (Å²) >= 11 is 0. The van der Waals surface area contributed by atoms with Crippen molar-refractivity contribution in [3.63, 3.8) is 0 Å². The Labute approximate surface area is 71.8 Å². The van der Waals surface area contributed by atoms with Crippen LogP contribution in [0, 0.1) is 6.92 Å². The summed E-state index contributed by atoms with van der Waals surface area (Å²) in [5, 5.41) is 8.56. The number of rotatable bonds is 1. The lowest BCUT2D eigenvalue weighted by Crippen LogP contribution is -1.98. The smallest absolute Gasteiger partial charge is 0.335 e. The lowest BCUT2D eigenvalue weighted by atomic mass is 10.1. The van der Waals surface area contributed by atoms with E-state index in [0.717, 1.165) is 5.56 Å². The number of anilines is 1. The molecular formula is C9H13NO2. The third-order valence-electron chi connectivity index (χ3n) is 1.52. The van der Waals surface area contributed by atoms with Crippen LogP contribution in [0.3, 0.4) is 0 Å². The van der Waals surface area contributed by atoms with Gasteiger partial charge in [0.1, 0.15) is 0 Å². The minimum atomic E-state index is -0.923. The fraction of sp³-hybridized carbons (Fsp3) is 0.222. The zero-order valence-corrected chi connectivity index (χ0v) is 6.16. The van der Waals surface area contributed by atoms with E-state index in [1.54, 1.807) is 19.1 Å². The van der Waals surface area contributed by atoms with Crippen molar-refractivity contribution in [2.75, 3.05) is 5.73 Å². The summed E-state index contributed by atoms with van der Waals surface area (Å²) in [6.45, 7) is 1.78. The fourth-order valence-electron chi connectivity index (χ4n) is 0.809. The second-order valence-electron chi connectivity index (χ2n) is 2.38. The van der Waals surface area contributed by atoms with E-state index in [1.807, 2.05) is 0 Å². The Hall–Kier alpha value is -1.51. The van der Waals surface area contributed by atoms with Crippen LogP contribution in [0.5, 0.6) is 0 Å². The van der Waals surface area contributed by atoms with E-state index in [1.165, 1.54) is 6.07 Å². The number of benzene rings is 1. The van der Waals surface area contributed by atoms with Gasteiger partial charge in [-0.3, -0.25) is 0 Å². The molecule has 0 amide bonds. The Morgan fingerprint density at radius 3 is 2.50 bits per heavy atom. The van der Waals surface area contributed by atoms with Crippen molar-refractivity contribution in [1.82, 2.24) is 0 Å². The first-order chi connectivity index (χ1) is 5.11. The highest BCUT2D eigenvalue weighted by atomic mass is 16.4. The zero-order valence-electron chi connectivity index (χ0n) is 6.16. The van der Waals surface area contributed by atoms with Gasteiger partial charge in [-0.25, -0.2) is 4.79 Å². The van der Waals surface area contributed by atoms with Gasteiger partial charge in [0.05, 0.1) is 5.56 Å². The summed E-state index contributed by atoms with van der Waals surface area (Å²) in [6.07, 6.45) is 0. The molecule has 0 aliphatic carbocycles. The molecule has 0 saturated carbocycles. The molecule has 1 aromatic rings. The molecule has 0 radical (unpaired) electrons. The van der Waals surface area contributed by atoms with Crippen molar-refractivity contribution in [3.05, 3.63) is 29.3 Å². The maximum Gasteiger partial charge on any atom is 0.335 e. The molecular weight excluding hydrogens is 154 g/mol. The molecule has 1 rings (SSSR count). The second kappa shape index (κ2) is 3.76. The maximum atomic E-state index is 10.4. The first kappa shape index (κ1) is 10.5. The summed E-state index contributed by atoms with van der Waals surface area (Å²) in [7, 11) is 0. The highest BCUT2D eigenvalue weighted by molar-refractivity contribution is 5.88. The number of hydrogen-bond donors (Lipinski definition) is 2. The Morgan fingerprint density at radius 1 is 1.50 bits per heavy atom. The molecule has 0 spiro atoms. The zero-order chi connectivity index (χ0) is 8.43. The van der Waals surface area contributed by atoms with Gasteiger partial charge in [-0.05, 0) is 30.7 Å². The number of carboxylic acid groups (broad SMARTS) is 1. The van der Waals surface area contributed by atoms with Gasteiger partial charge in [-0.1, -0.05) is 7.43 Å². The SMILES string of the molecule is C.Cc1cc(C(=O)O)ccc1N. The minimum absolute atomic E-state index is 0. The molecule has 66 valence electrons. The highest BCUT2D eigenvalue weighted by Gasteiger charge is 2.02. The second-order valence-corrected chi connectivity index (χ2v) is 2.38. The predicted molar refractivity (Wildman–Crippen MR) is 49.3 cm³/mol. The van der Waals surface area contributed by atoms with Crippen LogP contribution < -0.4 is 5.73 Å². The molecule has 0 heterocycles. The Morgan fingerprint density at radius 2 is 2.08 bits per heavy atom. The number of aromatic carboxylic acids is 1. The van der Waals surface area contributed by atoms with Gasteiger partial charge >= 0.3 is 5.97 Å². The standard InChI is InChI=1S/C8H9NO2.CH4/c1-5-4-6(8(10)11)2-3-7(5)9;/h2-4H,9H2,1H3,(H,10,11);1H4. The van der Waals surface area contributed by atoms with E-state index < -0.39 is 5.97 Å². The van der Waals surface area contributed by atoms with Gasteiger partial charge < -0.3 is 10.8 Å². The van der Waals surface area contributed by atoms with E-state index in [2.05, 4.69) is 0 Å². The van der Waals surface area contributed by atoms with Crippen molar-refractivity contribution in [2.45, 2.75) is 14.4 Å². The third kappa shape index (κ3) is 1.99. The molecule has 3 nitrogen and oxygen atoms in total. The van der Waals surface area contributed by atoms with Crippen molar-refractivity contribution >= 4 is 11.7 Å². The fourth-order valence-corrected chi connectivity index (χ4v) is 0.809. The van der Waals surface area contributed by atoms with Crippen LogP contribution in [0.2, 0.25) is 0 Å². The number of nitrogens with two attached hydrogens (primary N) is 1. The van der Waals surface area contributed by atoms with Gasteiger partial charge in [0, 0.05) is 5.69 Å². The van der Waals surface area contributed by atoms with Crippen LogP contribution in [-0.4, -0.2) is 11.1 Å². The number of carbonyl (C=O) groups is 1. The molecule has 12 heavy (non-hydrogen) atoms. The molecule has 0 aromatic heterocycles. The van der Waals surface area contributed by atoms with Crippen LogP contribution in [0.15, 0.2) is 18.2 Å². The lowest BCUT2D eigenvalue weighted by molar-refractivity contribution is 0.0697. The van der Waals surface area contributed by atoms with E-state index in [0.29, 0.717) is 5.69 Å². The van der Waals surface area contributed by atoms with Crippen molar-refractivity contribution in [1.29, 1.82) is 0 Å². The molecule has 3 N–H and O–H groups in total. The van der Waals surface area contributed by atoms with Crippen LogP contribution >= 0.6 is 0 Å². The summed E-state index contributed by atoms with van der Waals surface area (Å²) in [4.78, 5) is 10.4. The quantitative estimate of drug-likeness (QED) is 0.628. The number of carboxylic acids is 1. The van der Waals surface area contributed by atoms with Crippen LogP contribution in [-0.2, 0) is 0 Å². The predicted octanol–water partition coefficient (Wildman–Crippen LogP) is 1.91. The van der Waals surface area contributed by atoms with Gasteiger partial charge in [0.15, 0.2) is 0 Å². The van der Waals surface area contributed by atoms with E-state index in [4.69, 9.17) is 10.8 Å². The summed E-state index contributed by atoms with van der Waals surface area (Å²) in [5.41, 5.74) is 7.19. The van der Waals surface area contributed by atoms with Gasteiger partial charge in [0.25, 0.3) is 0 Å². The molecule has 0 saturated heterocycles. The van der Waals surface area contributed by atoms with Gasteiger partial charge in [0.2, 0.25) is 0 Å². The van der Waals surface area contributed by atoms with Crippen molar-refractivity contribution < 1.29 is 9.90 Å². The molecule has 0 unspecified atom stereocenters. The average molecular weight is 167 g/mol. The minimum Gasteiger partial charge on any atom is -0.478 e. The highest BCUT2D eigenvalue weighted by Crippen LogP contribution is 2.12. The van der Waals surface area contributed by atoms with E-state index in [9.17, 15) is 4.79 Å². The number of aryl methyl sites for hydroxylation is 1. The third-order valence-corrected chi connectivity index (χ3v) is 1.52. The molecule has 0 aliphatic rings. The monoisotopic (exact) mass is 167 g/mol. The van der Waals surface area contributed by atoms with E-state index >= 15 is 0 Å². The molecule has 0 fully saturated rings. The Balaban J connectivity index is 0.00000121. The van der Waals surface area contributed by atoms with Crippen molar-refractivity contribution in [2.24, 2.45) is 0 Å². The largest absolute Gasteiger partial charge is 0.478 e. The van der Waals surface area contributed by atoms with Gasteiger partial charge in [-0.2, -0.15) is 0 Å². The summed E-state index contributed by atoms with van der Waals surface area (Å²) < 4.78 is 0. The van der Waals surface area contributed by atoms with Gasteiger partial charge in [-0.15, -0.1) is 0 Å². The van der Waals surface area contributed by atoms with Crippen LogP contribution in [0.1, 0.15) is 23.3 Å². The summed E-state index contributed by atoms with van der Waals surface area (Å²) in [6, 6.07) is 4.64. The number of nitrogen functional groups attached to an aromatic ring is 1. The number of hydrogen-bond acceptors (Lipinski definition) is 2. The summed E-state index contributed by atoms with van der Waals surface area (Å²) in [5.74, 6) is -0.923. The van der Waals surface area contributed by atoms with E-state index in [-0.39, 0.29) is 13.0 Å². The van der Waals surface area contributed by atoms with Crippen LogP contribution in [0.4, 0.5) is 5.69 Å². The first-order valence-electron chi connectivity index (χ1n) is 3.20. The molecule has 0 atom stereocenters. The molecule has 0 bridgehead atoms. The molecule has 1 aromatic carbocycles. The lowest BCUT2D eigenvalue weighted by Gasteiger charge is -1.99. The Kier molecular flexibility index (Phi) is 3.29. The maximum absolute atomic E-state index is 10.4. The first-order valence-corrected chi connectivity index (χ1v) is 3.20. The average Bonchev–Trinajstić information content (AvgIpc) is 1.94. The van der Waals surface area contributed by atoms with Crippen LogP contribution in [0.25, 0.3) is 0 Å². The normalized spacial score (nSPS) is 8.75. The molecule has 3 heteroatoms.